The van der Waals surface area contributed by atoms with Crippen LogP contribution < -0.4 is 11.2 Å². The molecule has 0 unspecified atom stereocenters. The van der Waals surface area contributed by atoms with E-state index >= 15 is 0 Å². The topological polar surface area (TPSA) is 140 Å². The van der Waals surface area contributed by atoms with Crippen molar-refractivity contribution >= 4 is 28.1 Å². The zero-order chi connectivity index (χ0) is 28.4. The van der Waals surface area contributed by atoms with Crippen molar-refractivity contribution in [2.45, 2.75) is 63.2 Å². The van der Waals surface area contributed by atoms with Gasteiger partial charge in [-0.2, -0.15) is 0 Å². The van der Waals surface area contributed by atoms with Gasteiger partial charge >= 0.3 is 5.69 Å². The normalized spacial score (nSPS) is 22.9. The molecule has 2 N–H and O–H groups in total. The van der Waals surface area contributed by atoms with Crippen molar-refractivity contribution in [3.8, 4) is 0 Å². The number of amides is 1. The van der Waals surface area contributed by atoms with E-state index in [0.29, 0.717) is 45.2 Å². The lowest BCUT2D eigenvalue weighted by Crippen LogP contribution is -2.57. The zero-order valence-electron chi connectivity index (χ0n) is 23.3. The van der Waals surface area contributed by atoms with E-state index in [1.807, 2.05) is 24.0 Å². The lowest BCUT2D eigenvalue weighted by atomic mass is 9.77. The highest BCUT2D eigenvalue weighted by atomic mass is 16.5. The third kappa shape index (κ3) is 4.35. The number of likely N-dealkylation sites (tertiary alicyclic amines) is 1. The second-order valence-corrected chi connectivity index (χ2v) is 11.7. The summed E-state index contributed by atoms with van der Waals surface area (Å²) >= 11 is 0. The molecule has 2 aliphatic rings. The van der Waals surface area contributed by atoms with Crippen molar-refractivity contribution in [1.29, 1.82) is 0 Å². The van der Waals surface area contributed by atoms with Crippen LogP contribution in [-0.4, -0.2) is 75.5 Å². The van der Waals surface area contributed by atoms with Crippen LogP contribution in [0.2, 0.25) is 0 Å². The van der Waals surface area contributed by atoms with Crippen LogP contribution >= 0.6 is 0 Å². The highest BCUT2D eigenvalue weighted by Crippen LogP contribution is 2.44. The molecule has 2 saturated heterocycles. The third-order valence-corrected chi connectivity index (χ3v) is 8.75. The summed E-state index contributed by atoms with van der Waals surface area (Å²) in [6, 6.07) is 5.57. The molecule has 0 aliphatic carbocycles. The van der Waals surface area contributed by atoms with E-state index in [1.54, 1.807) is 18.5 Å². The molecule has 0 bridgehead atoms. The van der Waals surface area contributed by atoms with E-state index in [9.17, 15) is 19.5 Å². The molecule has 1 spiro atoms. The smallest absolute Gasteiger partial charge is 0.332 e. The number of hydrogen-bond donors (Lipinski definition) is 2. The minimum Gasteiger partial charge on any atom is -0.386 e. The number of imidazole rings is 2. The van der Waals surface area contributed by atoms with Crippen LogP contribution in [0.1, 0.15) is 50.0 Å². The fraction of sp³-hybridized carbons (Fsp3) is 0.536. The van der Waals surface area contributed by atoms with Crippen LogP contribution in [0.15, 0.2) is 34.1 Å². The van der Waals surface area contributed by atoms with Gasteiger partial charge in [0.2, 0.25) is 5.91 Å². The van der Waals surface area contributed by atoms with E-state index in [0.717, 1.165) is 27.0 Å². The Kier molecular flexibility index (Phi) is 6.22. The summed E-state index contributed by atoms with van der Waals surface area (Å²) in [5, 5.41) is 11.3. The van der Waals surface area contributed by atoms with Gasteiger partial charge in [0.05, 0.1) is 35.6 Å². The Bertz CT molecular complexity index is 1740. The Morgan fingerprint density at radius 2 is 1.95 bits per heavy atom. The summed E-state index contributed by atoms with van der Waals surface area (Å²) in [5.41, 5.74) is 0.900. The van der Waals surface area contributed by atoms with Crippen molar-refractivity contribution in [3.05, 3.63) is 56.8 Å². The number of rotatable bonds is 4. The number of piperidine rings is 1. The predicted octanol–water partition coefficient (Wildman–Crippen LogP) is 1.32. The third-order valence-electron chi connectivity index (χ3n) is 8.75. The molecule has 12 heteroatoms. The second kappa shape index (κ2) is 9.41. The lowest BCUT2D eigenvalue weighted by Gasteiger charge is -2.51. The van der Waals surface area contributed by atoms with Crippen molar-refractivity contribution in [3.63, 3.8) is 0 Å². The Hall–Kier alpha value is -3.77. The monoisotopic (exact) mass is 549 g/mol. The number of aliphatic hydroxyl groups is 1. The molecule has 6 rings (SSSR count). The SMILES string of the molecule is Cc1ccc2nc(CCC(=O)N3CCC4(CC3)C[C@H](n3cnc5c3c(=O)n(C)c(=O)n5C)[C@@](C)(O)CO4)[nH]c2c1. The van der Waals surface area contributed by atoms with Crippen molar-refractivity contribution in [1.82, 2.24) is 33.6 Å². The average Bonchev–Trinajstić information content (AvgIpc) is 3.55. The summed E-state index contributed by atoms with van der Waals surface area (Å²) in [6.45, 7) is 4.92. The fourth-order valence-corrected chi connectivity index (χ4v) is 6.22. The maximum Gasteiger partial charge on any atom is 0.332 e. The number of nitrogens with zero attached hydrogens (tertiary/aromatic N) is 6. The predicted molar refractivity (Wildman–Crippen MR) is 148 cm³/mol. The number of carbonyl (C=O) groups is 1. The van der Waals surface area contributed by atoms with E-state index in [4.69, 9.17) is 4.74 Å². The minimum absolute atomic E-state index is 0.0795. The molecule has 212 valence electrons. The van der Waals surface area contributed by atoms with Gasteiger partial charge in [0.15, 0.2) is 11.2 Å². The number of fused-ring (bicyclic) bond motifs is 2. The summed E-state index contributed by atoms with van der Waals surface area (Å²) in [7, 11) is 3.01. The van der Waals surface area contributed by atoms with E-state index < -0.39 is 28.5 Å². The molecule has 12 nitrogen and oxygen atoms in total. The number of hydrogen-bond acceptors (Lipinski definition) is 7. The van der Waals surface area contributed by atoms with Crippen molar-refractivity contribution in [2.75, 3.05) is 19.7 Å². The van der Waals surface area contributed by atoms with E-state index in [2.05, 4.69) is 21.0 Å². The van der Waals surface area contributed by atoms with E-state index in [1.165, 1.54) is 17.9 Å². The number of nitrogens with one attached hydrogen (secondary N) is 1. The molecule has 3 aromatic heterocycles. The van der Waals surface area contributed by atoms with E-state index in [-0.39, 0.29) is 23.7 Å². The molecule has 5 heterocycles. The molecule has 4 aromatic rings. The number of carbonyl (C=O) groups excluding carboxylic acids is 1. The Morgan fingerprint density at radius 1 is 1.20 bits per heavy atom. The van der Waals surface area contributed by atoms with Crippen molar-refractivity contribution < 1.29 is 14.6 Å². The van der Waals surface area contributed by atoms with Gasteiger partial charge in [0.1, 0.15) is 11.4 Å². The number of aryl methyl sites for hydroxylation is 3. The van der Waals surface area contributed by atoms with Gasteiger partial charge in [-0.25, -0.2) is 14.8 Å². The van der Waals surface area contributed by atoms with Crippen LogP contribution in [0.25, 0.3) is 22.2 Å². The maximum atomic E-state index is 13.1. The number of H-pyrrole nitrogens is 1. The first-order valence-corrected chi connectivity index (χ1v) is 13.7. The molecule has 2 atom stereocenters. The van der Waals surface area contributed by atoms with Gasteiger partial charge in [-0.15, -0.1) is 0 Å². The van der Waals surface area contributed by atoms with Gasteiger partial charge in [-0.05, 0) is 44.4 Å². The quantitative estimate of drug-likeness (QED) is 0.391. The Morgan fingerprint density at radius 3 is 2.70 bits per heavy atom. The first-order valence-electron chi connectivity index (χ1n) is 13.7. The van der Waals surface area contributed by atoms with Crippen LogP contribution in [0.3, 0.4) is 0 Å². The number of aromatic amines is 1. The summed E-state index contributed by atoms with van der Waals surface area (Å²) in [6.07, 6.45) is 4.14. The molecule has 40 heavy (non-hydrogen) atoms. The Balaban J connectivity index is 1.16. The number of ether oxygens (including phenoxy) is 1. The molecule has 2 fully saturated rings. The highest BCUT2D eigenvalue weighted by Gasteiger charge is 2.50. The summed E-state index contributed by atoms with van der Waals surface area (Å²) in [4.78, 5) is 52.7. The first-order chi connectivity index (χ1) is 19.0. The van der Waals surface area contributed by atoms with Gasteiger partial charge < -0.3 is 24.3 Å². The minimum atomic E-state index is -1.25. The van der Waals surface area contributed by atoms with Crippen LogP contribution in [-0.2, 0) is 30.0 Å². The molecular weight excluding hydrogens is 514 g/mol. The zero-order valence-corrected chi connectivity index (χ0v) is 23.3. The summed E-state index contributed by atoms with van der Waals surface area (Å²) < 4.78 is 10.4. The van der Waals surface area contributed by atoms with Crippen molar-refractivity contribution in [2.24, 2.45) is 14.1 Å². The number of aromatic nitrogens is 6. The number of benzene rings is 1. The molecular formula is C28H35N7O5. The lowest BCUT2D eigenvalue weighted by molar-refractivity contribution is -0.201. The summed E-state index contributed by atoms with van der Waals surface area (Å²) in [5.74, 6) is 0.884. The molecule has 0 saturated carbocycles. The van der Waals surface area contributed by atoms with Gasteiger partial charge in [0, 0.05) is 46.4 Å². The fourth-order valence-electron chi connectivity index (χ4n) is 6.22. The molecule has 1 amide bonds. The maximum absolute atomic E-state index is 13.1. The first kappa shape index (κ1) is 26.5. The van der Waals surface area contributed by atoms with Gasteiger partial charge in [-0.3, -0.25) is 18.7 Å². The molecule has 2 aliphatic heterocycles. The van der Waals surface area contributed by atoms with Gasteiger partial charge in [-0.1, -0.05) is 6.07 Å². The molecule has 1 aromatic carbocycles. The van der Waals surface area contributed by atoms with Crippen LogP contribution in [0, 0.1) is 6.92 Å². The van der Waals surface area contributed by atoms with Crippen LogP contribution in [0.5, 0.6) is 0 Å². The standard InChI is InChI=1S/C28H35N7O5/c1-17-5-6-18-19(13-17)31-21(30-18)7-8-22(36)34-11-9-28(10-12-34)14-20(27(2,39)15-40-28)35-16-29-24-23(35)25(37)33(4)26(38)32(24)3/h5-6,13,16,20,39H,7-12,14-15H2,1-4H3,(H,30,31)/t20-,27-/m0/s1. The second-order valence-electron chi connectivity index (χ2n) is 11.7. The van der Waals surface area contributed by atoms with Crippen LogP contribution in [0.4, 0.5) is 0 Å². The largest absolute Gasteiger partial charge is 0.386 e. The van der Waals surface area contributed by atoms with Gasteiger partial charge in [0.25, 0.3) is 5.56 Å². The average molecular weight is 550 g/mol. The molecule has 0 radical (unpaired) electrons. The Labute approximate surface area is 230 Å². The highest BCUT2D eigenvalue weighted by molar-refractivity contribution is 5.78.